The zero-order valence-electron chi connectivity index (χ0n) is 13.2. The van der Waals surface area contributed by atoms with Crippen LogP contribution in [0.3, 0.4) is 0 Å². The Morgan fingerprint density at radius 2 is 2.08 bits per heavy atom. The number of halogens is 1. The highest BCUT2D eigenvalue weighted by Gasteiger charge is 2.14. The molecule has 0 bridgehead atoms. The van der Waals surface area contributed by atoms with Gasteiger partial charge in [0, 0.05) is 18.2 Å². The lowest BCUT2D eigenvalue weighted by Crippen LogP contribution is -2.10. The first-order chi connectivity index (χ1) is 11.5. The summed E-state index contributed by atoms with van der Waals surface area (Å²) in [5.74, 6) is -0.276. The molecule has 0 atom stereocenters. The fourth-order valence-corrected chi connectivity index (χ4v) is 2.08. The van der Waals surface area contributed by atoms with Gasteiger partial charge in [0.05, 0.1) is 5.69 Å². The van der Waals surface area contributed by atoms with Crippen molar-refractivity contribution in [2.75, 3.05) is 18.8 Å². The molecule has 0 saturated carbocycles. The first kappa shape index (κ1) is 15.9. The molecule has 8 nitrogen and oxygen atoms in total. The van der Waals surface area contributed by atoms with Crippen LogP contribution in [0.2, 0.25) is 0 Å². The summed E-state index contributed by atoms with van der Waals surface area (Å²) in [7, 11) is 0. The molecule has 0 aliphatic carbocycles. The maximum atomic E-state index is 13.8. The van der Waals surface area contributed by atoms with Crippen LogP contribution in [0.4, 0.5) is 10.1 Å². The molecule has 0 saturated heterocycles. The van der Waals surface area contributed by atoms with E-state index in [4.69, 9.17) is 4.74 Å². The number of carbonyl (C=O) groups is 1. The van der Waals surface area contributed by atoms with E-state index in [2.05, 4.69) is 25.2 Å². The zero-order chi connectivity index (χ0) is 17.1. The summed E-state index contributed by atoms with van der Waals surface area (Å²) in [6.45, 7) is 3.00. The number of benzene rings is 1. The number of H-pyrrole nitrogens is 1. The van der Waals surface area contributed by atoms with E-state index < -0.39 is 11.8 Å². The fourth-order valence-electron chi connectivity index (χ4n) is 2.08. The van der Waals surface area contributed by atoms with E-state index in [1.165, 1.54) is 11.6 Å². The van der Waals surface area contributed by atoms with Gasteiger partial charge in [-0.2, -0.15) is 5.10 Å². The number of esters is 1. The van der Waals surface area contributed by atoms with E-state index in [1.807, 2.05) is 24.3 Å². The van der Waals surface area contributed by atoms with Crippen molar-refractivity contribution in [3.63, 3.8) is 0 Å². The maximum absolute atomic E-state index is 13.8. The van der Waals surface area contributed by atoms with Crippen LogP contribution in [0.15, 0.2) is 24.3 Å². The molecule has 0 radical (unpaired) electrons. The number of ether oxygens (including phenoxy) is 2. The lowest BCUT2D eigenvalue weighted by molar-refractivity contribution is -0.152. The molecule has 2 N–H and O–H groups in total. The summed E-state index contributed by atoms with van der Waals surface area (Å²) >= 11 is 0. The molecule has 0 aliphatic rings. The minimum Gasteiger partial charge on any atom is -0.439 e. The van der Waals surface area contributed by atoms with Gasteiger partial charge in [-0.15, -0.1) is 9.73 Å². The number of hydrogen-bond donors (Lipinski definition) is 2. The van der Waals surface area contributed by atoms with Gasteiger partial charge in [0.2, 0.25) is 0 Å². The monoisotopic (exact) mass is 333 g/mol. The predicted molar refractivity (Wildman–Crippen MR) is 83.7 cm³/mol. The number of aryl methyl sites for hydroxylation is 1. The van der Waals surface area contributed by atoms with Crippen molar-refractivity contribution in [2.24, 2.45) is 0 Å². The molecule has 24 heavy (non-hydrogen) atoms. The number of fused-ring (bicyclic) bond motifs is 1. The van der Waals surface area contributed by atoms with Crippen molar-refractivity contribution in [1.29, 1.82) is 0 Å². The van der Waals surface area contributed by atoms with E-state index in [0.717, 1.165) is 11.3 Å². The molecule has 9 heteroatoms. The minimum absolute atomic E-state index is 0.0996. The Kier molecular flexibility index (Phi) is 4.43. The number of rotatable bonds is 6. The highest BCUT2D eigenvalue weighted by atomic mass is 19.1. The Morgan fingerprint density at radius 1 is 1.33 bits per heavy atom. The van der Waals surface area contributed by atoms with Crippen molar-refractivity contribution in [2.45, 2.75) is 13.8 Å². The summed E-state index contributed by atoms with van der Waals surface area (Å²) in [4.78, 5) is 13.5. The van der Waals surface area contributed by atoms with Crippen molar-refractivity contribution in [1.82, 2.24) is 19.8 Å². The van der Waals surface area contributed by atoms with Crippen LogP contribution >= 0.6 is 0 Å². The van der Waals surface area contributed by atoms with Gasteiger partial charge in [0.15, 0.2) is 24.1 Å². The highest BCUT2D eigenvalue weighted by Crippen LogP contribution is 2.20. The SMILES string of the molecule is CC(=O)OCOCNc1ccc(-c2nn3nc(C)c(F)c3[nH]2)cc1. The van der Waals surface area contributed by atoms with E-state index in [1.54, 1.807) is 6.92 Å². The molecular weight excluding hydrogens is 317 g/mol. The molecule has 2 heterocycles. The Labute approximate surface area is 136 Å². The zero-order valence-corrected chi connectivity index (χ0v) is 13.2. The van der Waals surface area contributed by atoms with Crippen LogP contribution in [-0.4, -0.2) is 39.3 Å². The normalized spacial score (nSPS) is 11.0. The number of aromatic nitrogens is 4. The molecule has 3 aromatic rings. The Balaban J connectivity index is 1.62. The lowest BCUT2D eigenvalue weighted by Gasteiger charge is -2.07. The predicted octanol–water partition coefficient (Wildman–Crippen LogP) is 2.08. The molecule has 3 rings (SSSR count). The van der Waals surface area contributed by atoms with Crippen LogP contribution in [0.25, 0.3) is 17.0 Å². The number of hydrogen-bond acceptors (Lipinski definition) is 6. The Bertz CT molecular complexity index is 856. The topological polar surface area (TPSA) is 93.5 Å². The van der Waals surface area contributed by atoms with Crippen LogP contribution in [0.1, 0.15) is 12.6 Å². The average Bonchev–Trinajstić information content (AvgIpc) is 3.08. The summed E-state index contributed by atoms with van der Waals surface area (Å²) in [6, 6.07) is 7.32. The van der Waals surface area contributed by atoms with E-state index >= 15 is 0 Å². The van der Waals surface area contributed by atoms with Gasteiger partial charge in [-0.05, 0) is 31.2 Å². The second-order valence-corrected chi connectivity index (χ2v) is 5.07. The van der Waals surface area contributed by atoms with Crippen molar-refractivity contribution >= 4 is 17.3 Å². The van der Waals surface area contributed by atoms with Crippen LogP contribution in [0, 0.1) is 12.7 Å². The number of anilines is 1. The number of aromatic amines is 1. The van der Waals surface area contributed by atoms with Gasteiger partial charge in [-0.3, -0.25) is 4.79 Å². The molecule has 1 aromatic carbocycles. The molecule has 2 aromatic heterocycles. The van der Waals surface area contributed by atoms with Gasteiger partial charge in [0.25, 0.3) is 0 Å². The van der Waals surface area contributed by atoms with Crippen molar-refractivity contribution in [3.05, 3.63) is 35.8 Å². The van der Waals surface area contributed by atoms with E-state index in [9.17, 15) is 9.18 Å². The summed E-state index contributed by atoms with van der Waals surface area (Å²) in [6.07, 6.45) is 0. The molecule has 0 unspecified atom stereocenters. The summed E-state index contributed by atoms with van der Waals surface area (Å²) in [5.41, 5.74) is 2.15. The van der Waals surface area contributed by atoms with Gasteiger partial charge in [0.1, 0.15) is 6.73 Å². The summed E-state index contributed by atoms with van der Waals surface area (Å²) < 4.78 is 24.8. The van der Waals surface area contributed by atoms with Crippen molar-refractivity contribution in [3.8, 4) is 11.4 Å². The first-order valence-corrected chi connectivity index (χ1v) is 7.21. The molecular formula is C15H16FN5O3. The van der Waals surface area contributed by atoms with E-state index in [0.29, 0.717) is 11.5 Å². The molecule has 0 amide bonds. The van der Waals surface area contributed by atoms with Crippen molar-refractivity contribution < 1.29 is 18.7 Å². The number of nitrogens with one attached hydrogen (secondary N) is 2. The second kappa shape index (κ2) is 6.67. The van der Waals surface area contributed by atoms with E-state index in [-0.39, 0.29) is 19.2 Å². The van der Waals surface area contributed by atoms with Crippen LogP contribution in [-0.2, 0) is 14.3 Å². The minimum atomic E-state index is -0.406. The summed E-state index contributed by atoms with van der Waals surface area (Å²) in [5, 5.41) is 11.2. The van der Waals surface area contributed by atoms with Gasteiger partial charge < -0.3 is 19.8 Å². The number of nitrogens with zero attached hydrogens (tertiary/aromatic N) is 3. The third-order valence-corrected chi connectivity index (χ3v) is 3.28. The molecule has 0 spiro atoms. The fraction of sp³-hybridized carbons (Fsp3) is 0.267. The van der Waals surface area contributed by atoms with Crippen LogP contribution in [0.5, 0.6) is 0 Å². The Hall–Kier alpha value is -2.94. The number of carbonyl (C=O) groups excluding carboxylic acids is 1. The van der Waals surface area contributed by atoms with Gasteiger partial charge in [-0.25, -0.2) is 4.39 Å². The average molecular weight is 333 g/mol. The molecule has 0 aliphatic heterocycles. The van der Waals surface area contributed by atoms with Crippen LogP contribution < -0.4 is 5.32 Å². The molecule has 0 fully saturated rings. The van der Waals surface area contributed by atoms with Gasteiger partial charge >= 0.3 is 5.97 Å². The quantitative estimate of drug-likeness (QED) is 0.407. The smallest absolute Gasteiger partial charge is 0.304 e. The third kappa shape index (κ3) is 3.35. The second-order valence-electron chi connectivity index (χ2n) is 5.07. The standard InChI is InChI=1S/C15H16FN5O3/c1-9-13(16)15-18-14(20-21(15)19-9)11-3-5-12(6-4-11)17-7-23-8-24-10(2)22/h3-6,17H,7-8H2,1-2H3,(H,18,20). The third-order valence-electron chi connectivity index (χ3n) is 3.28. The highest BCUT2D eigenvalue weighted by molar-refractivity contribution is 5.65. The first-order valence-electron chi connectivity index (χ1n) is 7.21. The van der Waals surface area contributed by atoms with Gasteiger partial charge in [-0.1, -0.05) is 0 Å². The molecule has 126 valence electrons. The maximum Gasteiger partial charge on any atom is 0.304 e. The lowest BCUT2D eigenvalue weighted by atomic mass is 10.2. The Morgan fingerprint density at radius 3 is 2.75 bits per heavy atom. The largest absolute Gasteiger partial charge is 0.439 e.